The highest BCUT2D eigenvalue weighted by atomic mass is 16.1. The van der Waals surface area contributed by atoms with Gasteiger partial charge in [-0.3, -0.25) is 4.79 Å². The number of aryl methyl sites for hydroxylation is 1. The van der Waals surface area contributed by atoms with Crippen LogP contribution in [0.25, 0.3) is 11.0 Å². The van der Waals surface area contributed by atoms with Crippen LogP contribution in [-0.4, -0.2) is 35.7 Å². The zero-order valence-corrected chi connectivity index (χ0v) is 16.7. The molecule has 0 saturated heterocycles. The molecule has 4 aromatic rings. The average Bonchev–Trinajstić information content (AvgIpc) is 3.28. The predicted octanol–water partition coefficient (Wildman–Crippen LogP) is 2.73. The van der Waals surface area contributed by atoms with E-state index in [-0.39, 0.29) is 5.91 Å². The Kier molecular flexibility index (Phi) is 4.96. The number of hydrogen-bond acceptors (Lipinski definition) is 5. The summed E-state index contributed by atoms with van der Waals surface area (Å²) in [7, 11) is 0. The van der Waals surface area contributed by atoms with Gasteiger partial charge in [0, 0.05) is 18.5 Å². The molecule has 0 fully saturated rings. The minimum atomic E-state index is -0.112. The lowest BCUT2D eigenvalue weighted by Crippen LogP contribution is -2.25. The fraction of sp³-hybridized carbons (Fsp3) is 0.318. The molecule has 0 radical (unpaired) electrons. The highest BCUT2D eigenvalue weighted by molar-refractivity contribution is 5.94. The second kappa shape index (κ2) is 8.06. The quantitative estimate of drug-likeness (QED) is 0.555. The largest absolute Gasteiger partial charge is 0.345 e. The Labute approximate surface area is 173 Å². The van der Waals surface area contributed by atoms with Gasteiger partial charge in [0.15, 0.2) is 5.82 Å². The number of amides is 1. The first-order valence-corrected chi connectivity index (χ1v) is 10.3. The molecule has 2 aromatic carbocycles. The van der Waals surface area contributed by atoms with Crippen molar-refractivity contribution in [3.8, 4) is 0 Å². The molecule has 2 aromatic heterocycles. The molecule has 3 heterocycles. The zero-order valence-electron chi connectivity index (χ0n) is 16.7. The molecule has 8 heteroatoms. The number of carbonyl (C=O) groups is 1. The average molecular weight is 401 g/mol. The Morgan fingerprint density at radius 2 is 1.83 bits per heavy atom. The van der Waals surface area contributed by atoms with Crippen molar-refractivity contribution in [3.63, 3.8) is 0 Å². The Hall–Kier alpha value is -3.55. The summed E-state index contributed by atoms with van der Waals surface area (Å²) in [5, 5.41) is 19.9. The van der Waals surface area contributed by atoms with Crippen LogP contribution in [0.5, 0.6) is 0 Å². The van der Waals surface area contributed by atoms with E-state index < -0.39 is 0 Å². The van der Waals surface area contributed by atoms with Crippen molar-refractivity contribution in [1.82, 2.24) is 35.1 Å². The van der Waals surface area contributed by atoms with Crippen molar-refractivity contribution < 1.29 is 4.79 Å². The second-order valence-electron chi connectivity index (χ2n) is 7.61. The van der Waals surface area contributed by atoms with E-state index in [2.05, 4.69) is 30.4 Å². The van der Waals surface area contributed by atoms with E-state index in [0.717, 1.165) is 54.1 Å². The fourth-order valence-corrected chi connectivity index (χ4v) is 3.91. The molecule has 0 spiro atoms. The van der Waals surface area contributed by atoms with Gasteiger partial charge in [-0.2, -0.15) is 0 Å². The minimum absolute atomic E-state index is 0.112. The van der Waals surface area contributed by atoms with E-state index in [4.69, 9.17) is 0 Å². The number of carbonyl (C=O) groups excluding carboxylic acids is 1. The van der Waals surface area contributed by atoms with Gasteiger partial charge in [0.05, 0.1) is 18.6 Å². The molecule has 152 valence electrons. The van der Waals surface area contributed by atoms with Crippen LogP contribution in [0.1, 0.15) is 46.8 Å². The van der Waals surface area contributed by atoms with Crippen LogP contribution in [0.3, 0.4) is 0 Å². The minimum Gasteiger partial charge on any atom is -0.345 e. The smallest absolute Gasteiger partial charge is 0.251 e. The van der Waals surface area contributed by atoms with Crippen molar-refractivity contribution in [3.05, 3.63) is 71.3 Å². The van der Waals surface area contributed by atoms with Crippen molar-refractivity contribution in [1.29, 1.82) is 0 Å². The summed E-state index contributed by atoms with van der Waals surface area (Å²) in [6, 6.07) is 15.5. The summed E-state index contributed by atoms with van der Waals surface area (Å²) in [6.45, 7) is 1.92. The molecule has 0 atom stereocenters. The molecule has 1 aliphatic heterocycles. The van der Waals surface area contributed by atoms with Gasteiger partial charge in [-0.05, 0) is 42.7 Å². The Balaban J connectivity index is 1.23. The zero-order chi connectivity index (χ0) is 20.3. The van der Waals surface area contributed by atoms with Crippen LogP contribution in [-0.2, 0) is 26.1 Å². The van der Waals surface area contributed by atoms with Crippen LogP contribution in [0.4, 0.5) is 0 Å². The lowest BCUT2D eigenvalue weighted by Gasteiger charge is -2.09. The third-order valence-corrected chi connectivity index (χ3v) is 5.56. The third-order valence-electron chi connectivity index (χ3n) is 5.56. The molecule has 8 nitrogen and oxygen atoms in total. The van der Waals surface area contributed by atoms with Crippen LogP contribution in [0.15, 0.2) is 48.5 Å². The van der Waals surface area contributed by atoms with Gasteiger partial charge in [-0.25, -0.2) is 4.68 Å². The molecule has 1 amide bonds. The fourth-order valence-electron chi connectivity index (χ4n) is 3.91. The lowest BCUT2D eigenvalue weighted by molar-refractivity contribution is 0.0949. The molecular weight excluding hydrogens is 378 g/mol. The van der Waals surface area contributed by atoms with E-state index >= 15 is 0 Å². The highest BCUT2D eigenvalue weighted by Gasteiger charge is 2.15. The number of para-hydroxylation sites is 1. The van der Waals surface area contributed by atoms with E-state index in [1.807, 2.05) is 53.2 Å². The standard InChI is InChI=1S/C22H23N7O/c30-22(23-14-21-26-25-20-8-2-1-5-13-28(20)21)17-11-9-16(10-12-17)15-29-19-7-4-3-6-18(19)24-27-29/h3-4,6-7,9-12H,1-2,5,8,13-15H2,(H,23,30). The monoisotopic (exact) mass is 401 g/mol. The van der Waals surface area contributed by atoms with E-state index in [1.165, 1.54) is 6.42 Å². The molecule has 0 aliphatic carbocycles. The summed E-state index contributed by atoms with van der Waals surface area (Å²) < 4.78 is 4.01. The van der Waals surface area contributed by atoms with Crippen LogP contribution in [0, 0.1) is 0 Å². The Morgan fingerprint density at radius 1 is 0.967 bits per heavy atom. The number of rotatable bonds is 5. The SMILES string of the molecule is O=C(NCc1nnc2n1CCCCC2)c1ccc(Cn2nnc3ccccc32)cc1. The van der Waals surface area contributed by atoms with Crippen LogP contribution in [0.2, 0.25) is 0 Å². The molecule has 0 saturated carbocycles. The topological polar surface area (TPSA) is 90.5 Å². The second-order valence-corrected chi connectivity index (χ2v) is 7.61. The summed E-state index contributed by atoms with van der Waals surface area (Å²) in [6.07, 6.45) is 4.46. The number of benzene rings is 2. The van der Waals surface area contributed by atoms with Gasteiger partial charge >= 0.3 is 0 Å². The van der Waals surface area contributed by atoms with E-state index in [0.29, 0.717) is 18.7 Å². The van der Waals surface area contributed by atoms with Gasteiger partial charge in [0.1, 0.15) is 11.3 Å². The van der Waals surface area contributed by atoms with E-state index in [1.54, 1.807) is 0 Å². The number of fused-ring (bicyclic) bond motifs is 2. The molecule has 30 heavy (non-hydrogen) atoms. The van der Waals surface area contributed by atoms with Crippen molar-refractivity contribution in [2.45, 2.75) is 45.3 Å². The molecule has 0 unspecified atom stereocenters. The maximum absolute atomic E-state index is 12.6. The Morgan fingerprint density at radius 3 is 2.73 bits per heavy atom. The maximum Gasteiger partial charge on any atom is 0.251 e. The predicted molar refractivity (Wildman–Crippen MR) is 112 cm³/mol. The van der Waals surface area contributed by atoms with Crippen molar-refractivity contribution in [2.24, 2.45) is 0 Å². The Bertz CT molecular complexity index is 1180. The first kappa shape index (κ1) is 18.5. The van der Waals surface area contributed by atoms with Crippen LogP contribution >= 0.6 is 0 Å². The maximum atomic E-state index is 12.6. The molecular formula is C22H23N7O. The van der Waals surface area contributed by atoms with Gasteiger partial charge < -0.3 is 9.88 Å². The normalized spacial score (nSPS) is 13.7. The van der Waals surface area contributed by atoms with Crippen molar-refractivity contribution in [2.75, 3.05) is 0 Å². The van der Waals surface area contributed by atoms with Gasteiger partial charge in [-0.15, -0.1) is 15.3 Å². The number of hydrogen-bond donors (Lipinski definition) is 1. The van der Waals surface area contributed by atoms with Gasteiger partial charge in [0.25, 0.3) is 5.91 Å². The van der Waals surface area contributed by atoms with Crippen LogP contribution < -0.4 is 5.32 Å². The lowest BCUT2D eigenvalue weighted by atomic mass is 10.1. The molecule has 5 rings (SSSR count). The molecule has 1 N–H and O–H groups in total. The number of aromatic nitrogens is 6. The van der Waals surface area contributed by atoms with Crippen molar-refractivity contribution >= 4 is 16.9 Å². The summed E-state index contributed by atoms with van der Waals surface area (Å²) >= 11 is 0. The third kappa shape index (κ3) is 3.68. The summed E-state index contributed by atoms with van der Waals surface area (Å²) in [5.41, 5.74) is 3.55. The first-order chi connectivity index (χ1) is 14.8. The highest BCUT2D eigenvalue weighted by Crippen LogP contribution is 2.15. The summed E-state index contributed by atoms with van der Waals surface area (Å²) in [5.74, 6) is 1.75. The first-order valence-electron chi connectivity index (χ1n) is 10.3. The molecule has 1 aliphatic rings. The number of nitrogens with one attached hydrogen (secondary N) is 1. The summed E-state index contributed by atoms with van der Waals surface area (Å²) in [4.78, 5) is 12.6. The number of nitrogens with zero attached hydrogens (tertiary/aromatic N) is 6. The van der Waals surface area contributed by atoms with Gasteiger partial charge in [0.2, 0.25) is 0 Å². The molecule has 0 bridgehead atoms. The van der Waals surface area contributed by atoms with E-state index in [9.17, 15) is 4.79 Å². The van der Waals surface area contributed by atoms with Gasteiger partial charge in [-0.1, -0.05) is 35.9 Å².